The Kier molecular flexibility index (Phi) is 4.93. The van der Waals surface area contributed by atoms with E-state index >= 15 is 0 Å². The minimum absolute atomic E-state index is 0.488. The Bertz CT molecular complexity index is 335. The van der Waals surface area contributed by atoms with Crippen LogP contribution in [0.2, 0.25) is 0 Å². The predicted octanol–water partition coefficient (Wildman–Crippen LogP) is 2.54. The molecule has 0 heterocycles. The van der Waals surface area contributed by atoms with Gasteiger partial charge in [-0.1, -0.05) is 35.7 Å². The van der Waals surface area contributed by atoms with Crippen LogP contribution in [0.3, 0.4) is 0 Å². The van der Waals surface area contributed by atoms with Crippen LogP contribution in [0, 0.1) is 19.3 Å². The van der Waals surface area contributed by atoms with Crippen LogP contribution in [0.1, 0.15) is 24.5 Å². The highest BCUT2D eigenvalue weighted by Gasteiger charge is 2.00. The van der Waals surface area contributed by atoms with E-state index in [2.05, 4.69) is 49.4 Å². The Hall–Kier alpha value is -1.26. The van der Waals surface area contributed by atoms with Gasteiger partial charge in [0.1, 0.15) is 0 Å². The average Bonchev–Trinajstić information content (AvgIpc) is 2.23. The maximum absolute atomic E-state index is 5.19. The first-order valence-electron chi connectivity index (χ1n) is 5.44. The number of benzene rings is 1. The Balaban J connectivity index is 2.34. The Morgan fingerprint density at radius 1 is 1.47 bits per heavy atom. The second-order valence-corrected chi connectivity index (χ2v) is 4.01. The molecular weight excluding hydrogens is 182 g/mol. The molecule has 0 radical (unpaired) electrons. The number of hydrogen-bond donors (Lipinski definition) is 1. The average molecular weight is 201 g/mol. The van der Waals surface area contributed by atoms with Crippen molar-refractivity contribution in [2.75, 3.05) is 6.54 Å². The van der Waals surface area contributed by atoms with Gasteiger partial charge in [-0.25, -0.2) is 0 Å². The molecule has 15 heavy (non-hydrogen) atoms. The zero-order valence-electron chi connectivity index (χ0n) is 9.59. The monoisotopic (exact) mass is 201 g/mol. The quantitative estimate of drug-likeness (QED) is 0.722. The van der Waals surface area contributed by atoms with Crippen molar-refractivity contribution < 1.29 is 0 Å². The molecule has 0 saturated heterocycles. The van der Waals surface area contributed by atoms with Crippen LogP contribution in [0.25, 0.3) is 0 Å². The van der Waals surface area contributed by atoms with Gasteiger partial charge in [-0.3, -0.25) is 0 Å². The lowest BCUT2D eigenvalue weighted by atomic mass is 10.0. The van der Waals surface area contributed by atoms with Crippen LogP contribution >= 0.6 is 0 Å². The summed E-state index contributed by atoms with van der Waals surface area (Å²) in [7, 11) is 0. The van der Waals surface area contributed by atoms with Gasteiger partial charge in [0.05, 0.1) is 6.54 Å². The number of hydrogen-bond acceptors (Lipinski definition) is 1. The molecule has 1 aromatic rings. The fourth-order valence-corrected chi connectivity index (χ4v) is 1.59. The van der Waals surface area contributed by atoms with E-state index in [0.717, 1.165) is 12.8 Å². The Labute approximate surface area is 92.9 Å². The van der Waals surface area contributed by atoms with Crippen molar-refractivity contribution in [2.45, 2.75) is 32.7 Å². The van der Waals surface area contributed by atoms with Gasteiger partial charge in [-0.2, -0.15) is 0 Å². The molecule has 1 heteroatoms. The summed E-state index contributed by atoms with van der Waals surface area (Å²) >= 11 is 0. The smallest absolute Gasteiger partial charge is 0.0575 e. The maximum atomic E-state index is 5.19. The fourth-order valence-electron chi connectivity index (χ4n) is 1.59. The zero-order valence-corrected chi connectivity index (χ0v) is 9.59. The van der Waals surface area contributed by atoms with E-state index in [1.807, 2.05) is 0 Å². The lowest BCUT2D eigenvalue weighted by Gasteiger charge is -2.11. The van der Waals surface area contributed by atoms with Crippen LogP contribution in [-0.2, 0) is 6.42 Å². The molecule has 0 amide bonds. The van der Waals surface area contributed by atoms with Crippen molar-refractivity contribution in [3.8, 4) is 12.3 Å². The van der Waals surface area contributed by atoms with Crippen molar-refractivity contribution >= 4 is 0 Å². The molecule has 0 aliphatic rings. The molecule has 1 rings (SSSR count). The summed E-state index contributed by atoms with van der Waals surface area (Å²) in [6.07, 6.45) is 7.43. The van der Waals surface area contributed by atoms with Crippen LogP contribution in [0.15, 0.2) is 24.3 Å². The number of nitrogens with one attached hydrogen (secondary N) is 1. The summed E-state index contributed by atoms with van der Waals surface area (Å²) < 4.78 is 0. The summed E-state index contributed by atoms with van der Waals surface area (Å²) in [6, 6.07) is 9.16. The predicted molar refractivity (Wildman–Crippen MR) is 65.8 cm³/mol. The number of rotatable bonds is 5. The van der Waals surface area contributed by atoms with Gasteiger partial charge in [0.15, 0.2) is 0 Å². The number of aryl methyl sites for hydroxylation is 2. The highest BCUT2D eigenvalue weighted by atomic mass is 14.9. The van der Waals surface area contributed by atoms with Gasteiger partial charge in [-0.05, 0) is 32.3 Å². The standard InChI is InChI=1S/C14H19N/c1-4-10-15-13(3)8-9-14-7-5-6-12(2)11-14/h1,5-7,11,13,15H,8-10H2,2-3H3. The third-order valence-electron chi connectivity index (χ3n) is 2.50. The third-order valence-corrected chi connectivity index (χ3v) is 2.50. The lowest BCUT2D eigenvalue weighted by molar-refractivity contribution is 0.546. The van der Waals surface area contributed by atoms with Gasteiger partial charge >= 0.3 is 0 Å². The van der Waals surface area contributed by atoms with Gasteiger partial charge in [0.25, 0.3) is 0 Å². The molecule has 1 unspecified atom stereocenters. The van der Waals surface area contributed by atoms with E-state index in [1.165, 1.54) is 11.1 Å². The normalized spacial score (nSPS) is 12.1. The molecule has 1 nitrogen and oxygen atoms in total. The molecule has 0 aliphatic carbocycles. The molecule has 0 aliphatic heterocycles. The Morgan fingerprint density at radius 3 is 2.93 bits per heavy atom. The summed E-state index contributed by atoms with van der Waals surface area (Å²) in [5.41, 5.74) is 2.74. The summed E-state index contributed by atoms with van der Waals surface area (Å²) in [4.78, 5) is 0. The zero-order chi connectivity index (χ0) is 11.1. The van der Waals surface area contributed by atoms with E-state index in [-0.39, 0.29) is 0 Å². The summed E-state index contributed by atoms with van der Waals surface area (Å²) in [5.74, 6) is 2.59. The minimum atomic E-state index is 0.488. The van der Waals surface area contributed by atoms with Gasteiger partial charge in [0, 0.05) is 6.04 Å². The van der Waals surface area contributed by atoms with Crippen molar-refractivity contribution in [1.82, 2.24) is 5.32 Å². The first-order chi connectivity index (χ1) is 7.22. The summed E-state index contributed by atoms with van der Waals surface area (Å²) in [6.45, 7) is 4.96. The lowest BCUT2D eigenvalue weighted by Crippen LogP contribution is -2.26. The molecule has 0 aromatic heterocycles. The van der Waals surface area contributed by atoms with Gasteiger partial charge in [-0.15, -0.1) is 6.42 Å². The van der Waals surface area contributed by atoms with Crippen molar-refractivity contribution in [3.05, 3.63) is 35.4 Å². The van der Waals surface area contributed by atoms with E-state index in [0.29, 0.717) is 12.6 Å². The second kappa shape index (κ2) is 6.27. The van der Waals surface area contributed by atoms with E-state index in [9.17, 15) is 0 Å². The maximum Gasteiger partial charge on any atom is 0.0575 e. The van der Waals surface area contributed by atoms with E-state index < -0.39 is 0 Å². The van der Waals surface area contributed by atoms with Crippen molar-refractivity contribution in [1.29, 1.82) is 0 Å². The molecule has 0 bridgehead atoms. The molecule has 1 atom stereocenters. The Morgan fingerprint density at radius 2 is 2.27 bits per heavy atom. The molecule has 0 saturated carbocycles. The van der Waals surface area contributed by atoms with Crippen LogP contribution in [0.5, 0.6) is 0 Å². The van der Waals surface area contributed by atoms with Gasteiger partial charge in [0.2, 0.25) is 0 Å². The highest BCUT2D eigenvalue weighted by Crippen LogP contribution is 2.07. The SMILES string of the molecule is C#CCNC(C)CCc1cccc(C)c1. The molecule has 1 aromatic carbocycles. The van der Waals surface area contributed by atoms with Crippen molar-refractivity contribution in [3.63, 3.8) is 0 Å². The first kappa shape index (κ1) is 11.8. The highest BCUT2D eigenvalue weighted by molar-refractivity contribution is 5.22. The summed E-state index contributed by atoms with van der Waals surface area (Å²) in [5, 5.41) is 3.28. The molecule has 80 valence electrons. The van der Waals surface area contributed by atoms with Crippen molar-refractivity contribution in [2.24, 2.45) is 0 Å². The second-order valence-electron chi connectivity index (χ2n) is 4.01. The van der Waals surface area contributed by atoms with Crippen LogP contribution in [0.4, 0.5) is 0 Å². The minimum Gasteiger partial charge on any atom is -0.304 e. The van der Waals surface area contributed by atoms with E-state index in [4.69, 9.17) is 6.42 Å². The number of terminal acetylenes is 1. The fraction of sp³-hybridized carbons (Fsp3) is 0.429. The van der Waals surface area contributed by atoms with Gasteiger partial charge < -0.3 is 5.32 Å². The molecular formula is C14H19N. The first-order valence-corrected chi connectivity index (χ1v) is 5.44. The van der Waals surface area contributed by atoms with E-state index in [1.54, 1.807) is 0 Å². The molecule has 1 N–H and O–H groups in total. The largest absolute Gasteiger partial charge is 0.304 e. The van der Waals surface area contributed by atoms with Crippen LogP contribution in [-0.4, -0.2) is 12.6 Å². The topological polar surface area (TPSA) is 12.0 Å². The molecule has 0 fully saturated rings. The third kappa shape index (κ3) is 4.67. The molecule has 0 spiro atoms. The van der Waals surface area contributed by atoms with Crippen LogP contribution < -0.4 is 5.32 Å².